The first-order chi connectivity index (χ1) is 17.0. The molecule has 1 saturated carbocycles. The minimum absolute atomic E-state index is 0.0290. The topological polar surface area (TPSA) is 73.8 Å². The molecule has 0 radical (unpaired) electrons. The number of halogens is 1. The molecular weight excluding hydrogens is 445 g/mol. The molecule has 1 aliphatic carbocycles. The van der Waals surface area contributed by atoms with Gasteiger partial charge in [-0.2, -0.15) is 0 Å². The quantitative estimate of drug-likeness (QED) is 0.447. The predicted molar refractivity (Wildman–Crippen MR) is 137 cm³/mol. The Morgan fingerprint density at radius 1 is 1.09 bits per heavy atom. The second kappa shape index (κ2) is 9.96. The van der Waals surface area contributed by atoms with Crippen LogP contribution in [0, 0.1) is 11.7 Å². The van der Waals surface area contributed by atoms with Crippen molar-refractivity contribution < 1.29 is 19.0 Å². The summed E-state index contributed by atoms with van der Waals surface area (Å²) in [6.07, 6.45) is 2.18. The number of nitrogens with zero attached hydrogens (tertiary/aromatic N) is 1. The van der Waals surface area contributed by atoms with Crippen molar-refractivity contribution in [1.82, 2.24) is 5.32 Å². The molecule has 0 spiro atoms. The minimum Gasteiger partial charge on any atom is -0.507 e. The number of amides is 1. The van der Waals surface area contributed by atoms with E-state index >= 15 is 4.39 Å². The van der Waals surface area contributed by atoms with Crippen molar-refractivity contribution in [2.24, 2.45) is 5.92 Å². The molecule has 6 nitrogen and oxygen atoms in total. The number of phenolic OH excluding ortho intramolecular Hbond substituents is 1. The highest BCUT2D eigenvalue weighted by molar-refractivity contribution is 5.92. The van der Waals surface area contributed by atoms with E-state index in [1.807, 2.05) is 24.3 Å². The molecule has 2 fully saturated rings. The molecule has 2 aliphatic rings. The predicted octanol–water partition coefficient (Wildman–Crippen LogP) is 5.02. The summed E-state index contributed by atoms with van der Waals surface area (Å²) in [5.41, 5.74) is 3.68. The summed E-state index contributed by atoms with van der Waals surface area (Å²) in [5.74, 6) is -0.167. The van der Waals surface area contributed by atoms with E-state index in [4.69, 9.17) is 4.74 Å². The van der Waals surface area contributed by atoms with Gasteiger partial charge in [0.1, 0.15) is 17.2 Å². The van der Waals surface area contributed by atoms with Crippen LogP contribution in [0.5, 0.6) is 11.5 Å². The average Bonchev–Trinajstić information content (AvgIpc) is 3.69. The van der Waals surface area contributed by atoms with E-state index in [0.717, 1.165) is 50.3 Å². The Morgan fingerprint density at radius 3 is 2.51 bits per heavy atom. The van der Waals surface area contributed by atoms with Crippen LogP contribution in [0.15, 0.2) is 54.6 Å². The lowest BCUT2D eigenvalue weighted by Gasteiger charge is -2.29. The van der Waals surface area contributed by atoms with Crippen LogP contribution in [-0.4, -0.2) is 43.8 Å². The zero-order valence-electron chi connectivity index (χ0n) is 19.8. The van der Waals surface area contributed by atoms with E-state index in [-0.39, 0.29) is 23.1 Å². The van der Waals surface area contributed by atoms with Crippen LogP contribution in [0.3, 0.4) is 0 Å². The Labute approximate surface area is 204 Å². The molecule has 3 aromatic carbocycles. The monoisotopic (exact) mass is 475 g/mol. The minimum atomic E-state index is -0.603. The van der Waals surface area contributed by atoms with E-state index in [1.54, 1.807) is 12.1 Å². The van der Waals surface area contributed by atoms with Crippen molar-refractivity contribution in [3.05, 3.63) is 60.4 Å². The number of anilines is 2. The van der Waals surface area contributed by atoms with Gasteiger partial charge in [0.15, 0.2) is 5.82 Å². The van der Waals surface area contributed by atoms with Crippen molar-refractivity contribution in [3.8, 4) is 33.8 Å². The summed E-state index contributed by atoms with van der Waals surface area (Å²) < 4.78 is 21.0. The van der Waals surface area contributed by atoms with Gasteiger partial charge in [-0.1, -0.05) is 30.3 Å². The number of phenols is 1. The molecule has 35 heavy (non-hydrogen) atoms. The van der Waals surface area contributed by atoms with E-state index in [1.165, 1.54) is 13.0 Å². The van der Waals surface area contributed by atoms with Crippen molar-refractivity contribution in [2.75, 3.05) is 43.0 Å². The van der Waals surface area contributed by atoms with Crippen molar-refractivity contribution in [2.45, 2.75) is 19.8 Å². The lowest BCUT2D eigenvalue weighted by atomic mass is 9.96. The summed E-state index contributed by atoms with van der Waals surface area (Å²) in [6, 6.07) is 16.6. The fourth-order valence-corrected chi connectivity index (χ4v) is 4.44. The molecule has 0 bridgehead atoms. The number of hydrogen-bond acceptors (Lipinski definition) is 5. The molecule has 7 heteroatoms. The second-order valence-corrected chi connectivity index (χ2v) is 9.26. The number of para-hydroxylation sites is 1. The maximum atomic E-state index is 15.1. The number of benzene rings is 3. The highest BCUT2D eigenvalue weighted by Crippen LogP contribution is 2.42. The molecule has 3 aromatic rings. The fourth-order valence-electron chi connectivity index (χ4n) is 4.44. The van der Waals surface area contributed by atoms with E-state index in [2.05, 4.69) is 27.7 Å². The number of hydrogen-bond donors (Lipinski definition) is 3. The first-order valence-electron chi connectivity index (χ1n) is 12.1. The Balaban J connectivity index is 1.51. The van der Waals surface area contributed by atoms with Crippen molar-refractivity contribution in [1.29, 1.82) is 0 Å². The zero-order valence-corrected chi connectivity index (χ0v) is 19.8. The maximum absolute atomic E-state index is 15.1. The van der Waals surface area contributed by atoms with Gasteiger partial charge >= 0.3 is 0 Å². The average molecular weight is 476 g/mol. The summed E-state index contributed by atoms with van der Waals surface area (Å²) in [5, 5.41) is 17.2. The summed E-state index contributed by atoms with van der Waals surface area (Å²) in [6.45, 7) is 5.55. The van der Waals surface area contributed by atoms with E-state index < -0.39 is 5.82 Å². The molecule has 182 valence electrons. The van der Waals surface area contributed by atoms with Crippen LogP contribution in [0.25, 0.3) is 22.3 Å². The van der Waals surface area contributed by atoms with Crippen LogP contribution in [0.2, 0.25) is 0 Å². The largest absolute Gasteiger partial charge is 0.507 e. The molecule has 5 rings (SSSR count). The van der Waals surface area contributed by atoms with Gasteiger partial charge in [-0.3, -0.25) is 4.79 Å². The number of rotatable bonds is 7. The Bertz CT molecular complexity index is 1240. The summed E-state index contributed by atoms with van der Waals surface area (Å²) in [7, 11) is 0. The van der Waals surface area contributed by atoms with Gasteiger partial charge in [-0.05, 0) is 54.2 Å². The Kier molecular flexibility index (Phi) is 6.59. The molecule has 3 N–H and O–H groups in total. The third-order valence-corrected chi connectivity index (χ3v) is 6.51. The number of aromatic hydroxyl groups is 1. The molecule has 1 amide bonds. The molecule has 0 atom stereocenters. The highest BCUT2D eigenvalue weighted by Gasteiger charge is 2.24. The van der Waals surface area contributed by atoms with Gasteiger partial charge in [0, 0.05) is 49.9 Å². The van der Waals surface area contributed by atoms with Gasteiger partial charge < -0.3 is 25.4 Å². The molecule has 1 heterocycles. The van der Waals surface area contributed by atoms with Crippen molar-refractivity contribution in [3.63, 3.8) is 0 Å². The number of nitrogens with one attached hydrogen (secondary N) is 2. The summed E-state index contributed by atoms with van der Waals surface area (Å²) >= 11 is 0. The van der Waals surface area contributed by atoms with E-state index in [0.29, 0.717) is 29.2 Å². The lowest BCUT2D eigenvalue weighted by Crippen LogP contribution is -2.43. The maximum Gasteiger partial charge on any atom is 0.221 e. The third kappa shape index (κ3) is 5.25. The van der Waals surface area contributed by atoms with Crippen LogP contribution in [-0.2, 0) is 4.79 Å². The second-order valence-electron chi connectivity index (χ2n) is 9.26. The number of piperazine rings is 1. The number of carbonyl (C=O) groups is 1. The summed E-state index contributed by atoms with van der Waals surface area (Å²) in [4.78, 5) is 14.0. The Morgan fingerprint density at radius 2 is 1.80 bits per heavy atom. The normalized spacial score (nSPS) is 15.7. The van der Waals surface area contributed by atoms with Gasteiger partial charge in [-0.15, -0.1) is 0 Å². The van der Waals surface area contributed by atoms with Gasteiger partial charge in [0.05, 0.1) is 6.61 Å². The molecule has 0 unspecified atom stereocenters. The number of ether oxygens (including phenoxy) is 1. The van der Waals surface area contributed by atoms with E-state index in [9.17, 15) is 9.90 Å². The first kappa shape index (κ1) is 23.2. The smallest absolute Gasteiger partial charge is 0.221 e. The molecule has 0 aromatic heterocycles. The first-order valence-corrected chi connectivity index (χ1v) is 12.1. The highest BCUT2D eigenvalue weighted by atomic mass is 19.1. The van der Waals surface area contributed by atoms with Crippen LogP contribution >= 0.6 is 0 Å². The molecule has 1 saturated heterocycles. The SMILES string of the molecule is CC(=O)Nc1c(F)cc(-c2cccc(-c3cccc(N4CCNCC4)c3)c2O)cc1OCC1CC1. The van der Waals surface area contributed by atoms with Crippen LogP contribution in [0.1, 0.15) is 19.8 Å². The van der Waals surface area contributed by atoms with Gasteiger partial charge in [0.2, 0.25) is 5.91 Å². The molecular formula is C28H30FN3O3. The van der Waals surface area contributed by atoms with Crippen molar-refractivity contribution >= 4 is 17.3 Å². The van der Waals surface area contributed by atoms with Crippen LogP contribution in [0.4, 0.5) is 15.8 Å². The van der Waals surface area contributed by atoms with Crippen LogP contribution < -0.4 is 20.3 Å². The third-order valence-electron chi connectivity index (χ3n) is 6.51. The fraction of sp³-hybridized carbons (Fsp3) is 0.321. The standard InChI is InChI=1S/C28H30FN3O3/c1-18(33)31-27-25(29)15-21(16-26(27)35-17-19-8-9-19)24-7-3-6-23(28(24)34)20-4-2-5-22(14-20)32-12-10-30-11-13-32/h2-7,14-16,19,30,34H,8-13,17H2,1H3,(H,31,33). The Hall–Kier alpha value is -3.58. The van der Waals surface area contributed by atoms with Gasteiger partial charge in [0.25, 0.3) is 0 Å². The lowest BCUT2D eigenvalue weighted by molar-refractivity contribution is -0.114. The molecule has 1 aliphatic heterocycles. The number of carbonyl (C=O) groups excluding carboxylic acids is 1. The zero-order chi connectivity index (χ0) is 24.4. The van der Waals surface area contributed by atoms with Gasteiger partial charge in [-0.25, -0.2) is 4.39 Å².